The third-order valence-electron chi connectivity index (χ3n) is 6.23. The van der Waals surface area contributed by atoms with E-state index in [-0.39, 0.29) is 23.5 Å². The van der Waals surface area contributed by atoms with Crippen LogP contribution in [0.4, 0.5) is 5.82 Å². The van der Waals surface area contributed by atoms with E-state index in [1.54, 1.807) is 26.0 Å². The van der Waals surface area contributed by atoms with Crippen LogP contribution in [0.15, 0.2) is 30.3 Å². The number of carbonyl (C=O) groups excluding carboxylic acids is 2. The molecule has 1 aromatic carbocycles. The molecule has 0 unspecified atom stereocenters. The summed E-state index contributed by atoms with van der Waals surface area (Å²) in [5.74, 6) is -0.990. The highest BCUT2D eigenvalue weighted by molar-refractivity contribution is 7.89. The van der Waals surface area contributed by atoms with E-state index in [0.29, 0.717) is 48.9 Å². The maximum Gasteiger partial charge on any atom is 0.340 e. The van der Waals surface area contributed by atoms with Gasteiger partial charge in [0.1, 0.15) is 11.9 Å². The van der Waals surface area contributed by atoms with E-state index in [4.69, 9.17) is 4.74 Å². The molecule has 0 radical (unpaired) electrons. The highest BCUT2D eigenvalue weighted by atomic mass is 32.2. The Balaban J connectivity index is 1.62. The van der Waals surface area contributed by atoms with Gasteiger partial charge >= 0.3 is 5.97 Å². The third kappa shape index (κ3) is 6.61. The number of anilines is 1. The van der Waals surface area contributed by atoms with E-state index in [9.17, 15) is 23.3 Å². The van der Waals surface area contributed by atoms with Crippen molar-refractivity contribution in [3.63, 3.8) is 0 Å². The predicted molar refractivity (Wildman–Crippen MR) is 136 cm³/mol. The Morgan fingerprint density at radius 3 is 2.42 bits per heavy atom. The minimum atomic E-state index is -3.83. The molecule has 1 fully saturated rings. The molecule has 0 bridgehead atoms. The average molecular weight is 513 g/mol. The summed E-state index contributed by atoms with van der Waals surface area (Å²) in [4.78, 5) is 31.2. The van der Waals surface area contributed by atoms with E-state index >= 15 is 0 Å². The number of nitrogens with zero attached hydrogens (tertiary/aromatic N) is 3. The number of piperidine rings is 1. The second-order valence-corrected chi connectivity index (χ2v) is 10.9. The van der Waals surface area contributed by atoms with Gasteiger partial charge in [-0.1, -0.05) is 38.1 Å². The Labute approximate surface area is 212 Å². The predicted octanol–water partition coefficient (Wildman–Crippen LogP) is 3.42. The van der Waals surface area contributed by atoms with Gasteiger partial charge in [0.25, 0.3) is 0 Å². The molecule has 0 atom stereocenters. The Morgan fingerprint density at radius 2 is 1.86 bits per heavy atom. The zero-order chi connectivity index (χ0) is 26.5. The first kappa shape index (κ1) is 27.1. The first-order valence-corrected chi connectivity index (χ1v) is 13.7. The van der Waals surface area contributed by atoms with Crippen molar-refractivity contribution < 1.29 is 22.7 Å². The van der Waals surface area contributed by atoms with Gasteiger partial charge < -0.3 is 9.64 Å². The number of hydrogen-bond donors (Lipinski definition) is 1. The van der Waals surface area contributed by atoms with Gasteiger partial charge in [-0.15, -0.1) is 0 Å². The minimum Gasteiger partial charge on any atom is -0.462 e. The number of aryl methyl sites for hydroxylation is 1. The summed E-state index contributed by atoms with van der Waals surface area (Å²) in [6, 6.07) is 10.9. The summed E-state index contributed by atoms with van der Waals surface area (Å²) in [7, 11) is -3.83. The Hall–Kier alpha value is -3.45. The van der Waals surface area contributed by atoms with Crippen LogP contribution in [-0.2, 0) is 25.3 Å². The van der Waals surface area contributed by atoms with Crippen molar-refractivity contribution in [3.05, 3.63) is 58.3 Å². The van der Waals surface area contributed by atoms with Crippen LogP contribution in [0.5, 0.6) is 0 Å². The fraction of sp³-hybridized carbons (Fsp3) is 0.462. The number of hydrogen-bond acceptors (Lipinski definition) is 8. The SMILES string of the molecule is CCOC(=O)c1cc(C#N)c(N2CCC(C(=O)NS(=O)(=O)Cc3ccc(C(C)C)cc3)CC2)nc1C. The molecular weight excluding hydrogens is 480 g/mol. The van der Waals surface area contributed by atoms with Crippen LogP contribution in [0.25, 0.3) is 0 Å². The van der Waals surface area contributed by atoms with Crippen molar-refractivity contribution in [2.75, 3.05) is 24.6 Å². The molecule has 1 aliphatic rings. The van der Waals surface area contributed by atoms with Gasteiger partial charge in [0.2, 0.25) is 15.9 Å². The number of esters is 1. The molecule has 10 heteroatoms. The van der Waals surface area contributed by atoms with Crippen molar-refractivity contribution in [2.45, 2.75) is 52.2 Å². The van der Waals surface area contributed by atoms with E-state index in [2.05, 4.69) is 29.6 Å². The smallest absolute Gasteiger partial charge is 0.340 e. The molecule has 0 saturated carbocycles. The van der Waals surface area contributed by atoms with Gasteiger partial charge in [-0.3, -0.25) is 9.52 Å². The zero-order valence-corrected chi connectivity index (χ0v) is 21.9. The van der Waals surface area contributed by atoms with E-state index in [1.165, 1.54) is 6.07 Å². The topological polar surface area (TPSA) is 129 Å². The lowest BCUT2D eigenvalue weighted by Gasteiger charge is -2.32. The average Bonchev–Trinajstić information content (AvgIpc) is 2.83. The quantitative estimate of drug-likeness (QED) is 0.533. The summed E-state index contributed by atoms with van der Waals surface area (Å²) in [6.07, 6.45) is 0.825. The molecule has 9 nitrogen and oxygen atoms in total. The number of sulfonamides is 1. The lowest BCUT2D eigenvalue weighted by atomic mass is 9.96. The molecule has 3 rings (SSSR count). The number of amides is 1. The highest BCUT2D eigenvalue weighted by Gasteiger charge is 2.30. The van der Waals surface area contributed by atoms with Crippen molar-refractivity contribution in [1.82, 2.24) is 9.71 Å². The van der Waals surface area contributed by atoms with E-state index in [1.807, 2.05) is 17.0 Å². The lowest BCUT2D eigenvalue weighted by Crippen LogP contribution is -2.43. The highest BCUT2D eigenvalue weighted by Crippen LogP contribution is 2.27. The molecule has 0 spiro atoms. The van der Waals surface area contributed by atoms with Crippen LogP contribution in [0.2, 0.25) is 0 Å². The normalized spacial score (nSPS) is 14.4. The molecular formula is C26H32N4O5S. The number of rotatable bonds is 8. The van der Waals surface area contributed by atoms with E-state index < -0.39 is 27.8 Å². The monoisotopic (exact) mass is 512 g/mol. The molecule has 192 valence electrons. The molecule has 1 saturated heterocycles. The molecule has 0 aliphatic carbocycles. The molecule has 1 N–H and O–H groups in total. The number of pyridine rings is 1. The second kappa shape index (κ2) is 11.5. The summed E-state index contributed by atoms with van der Waals surface area (Å²) in [6.45, 7) is 8.58. The van der Waals surface area contributed by atoms with Gasteiger partial charge in [-0.05, 0) is 49.8 Å². The molecule has 36 heavy (non-hydrogen) atoms. The van der Waals surface area contributed by atoms with Crippen molar-refractivity contribution in [2.24, 2.45) is 5.92 Å². The fourth-order valence-electron chi connectivity index (χ4n) is 4.18. The molecule has 1 amide bonds. The fourth-order valence-corrected chi connectivity index (χ4v) is 5.35. The van der Waals surface area contributed by atoms with Crippen molar-refractivity contribution in [3.8, 4) is 6.07 Å². The minimum absolute atomic E-state index is 0.220. The van der Waals surface area contributed by atoms with Crippen LogP contribution in [-0.4, -0.2) is 45.0 Å². The van der Waals surface area contributed by atoms with Gasteiger partial charge in [0.05, 0.1) is 29.2 Å². The van der Waals surface area contributed by atoms with Gasteiger partial charge in [-0.2, -0.15) is 5.26 Å². The number of benzene rings is 1. The molecule has 1 aliphatic heterocycles. The Bertz CT molecular complexity index is 1260. The maximum atomic E-state index is 12.7. The lowest BCUT2D eigenvalue weighted by molar-refractivity contribution is -0.123. The molecule has 2 aromatic rings. The van der Waals surface area contributed by atoms with Crippen molar-refractivity contribution >= 4 is 27.7 Å². The zero-order valence-electron chi connectivity index (χ0n) is 21.1. The first-order chi connectivity index (χ1) is 17.0. The summed E-state index contributed by atoms with van der Waals surface area (Å²) in [5.41, 5.74) is 2.68. The number of ether oxygens (including phenoxy) is 1. The van der Waals surface area contributed by atoms with Crippen LogP contribution < -0.4 is 9.62 Å². The number of aromatic nitrogens is 1. The maximum absolute atomic E-state index is 12.7. The standard InChI is InChI=1S/C26H32N4O5S/c1-5-35-26(32)23-14-22(15-27)24(28-18(23)4)30-12-10-21(11-13-30)25(31)29-36(33,34)16-19-6-8-20(9-7-19)17(2)3/h6-9,14,17,21H,5,10-13,16H2,1-4H3,(H,29,31). The summed E-state index contributed by atoms with van der Waals surface area (Å²) < 4.78 is 32.4. The number of nitriles is 1. The van der Waals surface area contributed by atoms with Crippen molar-refractivity contribution in [1.29, 1.82) is 5.26 Å². The number of nitrogens with one attached hydrogen (secondary N) is 1. The van der Waals surface area contributed by atoms with Crippen LogP contribution in [0.3, 0.4) is 0 Å². The summed E-state index contributed by atoms with van der Waals surface area (Å²) in [5, 5.41) is 9.61. The van der Waals surface area contributed by atoms with Gasteiger partial charge in [-0.25, -0.2) is 18.2 Å². The third-order valence-corrected chi connectivity index (χ3v) is 7.46. The molecule has 2 heterocycles. The van der Waals surface area contributed by atoms with Crippen LogP contribution in [0.1, 0.15) is 72.3 Å². The second-order valence-electron chi connectivity index (χ2n) is 9.21. The van der Waals surface area contributed by atoms with Gasteiger partial charge in [0.15, 0.2) is 0 Å². The first-order valence-electron chi connectivity index (χ1n) is 12.0. The largest absolute Gasteiger partial charge is 0.462 e. The Kier molecular flexibility index (Phi) is 8.69. The Morgan fingerprint density at radius 1 is 1.22 bits per heavy atom. The number of carbonyl (C=O) groups is 2. The van der Waals surface area contributed by atoms with E-state index in [0.717, 1.165) is 5.56 Å². The molecule has 1 aromatic heterocycles. The van der Waals surface area contributed by atoms with Crippen LogP contribution >= 0.6 is 0 Å². The van der Waals surface area contributed by atoms with Gasteiger partial charge in [0, 0.05) is 19.0 Å². The summed E-state index contributed by atoms with van der Waals surface area (Å²) >= 11 is 0. The van der Waals surface area contributed by atoms with Crippen LogP contribution in [0, 0.1) is 24.2 Å².